The third kappa shape index (κ3) is 3.17. The number of anilines is 1. The Balaban J connectivity index is 1.69. The summed E-state index contributed by atoms with van der Waals surface area (Å²) in [6.07, 6.45) is 0. The SMILES string of the molecule is CCOc1ccc(NC(=O)c2cc(-c3cccs3)[nH]n2)cc1. The van der Waals surface area contributed by atoms with Gasteiger partial charge >= 0.3 is 0 Å². The van der Waals surface area contributed by atoms with Crippen LogP contribution in [0.5, 0.6) is 5.75 Å². The molecule has 0 saturated carbocycles. The van der Waals surface area contributed by atoms with E-state index in [0.717, 1.165) is 16.3 Å². The van der Waals surface area contributed by atoms with Crippen LogP contribution >= 0.6 is 11.3 Å². The number of amides is 1. The van der Waals surface area contributed by atoms with Gasteiger partial charge in [0.1, 0.15) is 5.75 Å². The molecule has 2 N–H and O–H groups in total. The molecule has 1 amide bonds. The van der Waals surface area contributed by atoms with Gasteiger partial charge in [-0.2, -0.15) is 5.10 Å². The lowest BCUT2D eigenvalue weighted by molar-refractivity contribution is 0.102. The molecule has 112 valence electrons. The zero-order valence-electron chi connectivity index (χ0n) is 12.0. The van der Waals surface area contributed by atoms with Gasteiger partial charge in [-0.1, -0.05) is 6.07 Å². The fourth-order valence-corrected chi connectivity index (χ4v) is 2.68. The van der Waals surface area contributed by atoms with Gasteiger partial charge in [0, 0.05) is 5.69 Å². The molecule has 0 bridgehead atoms. The number of rotatable bonds is 5. The molecule has 0 saturated heterocycles. The van der Waals surface area contributed by atoms with E-state index in [1.165, 1.54) is 0 Å². The lowest BCUT2D eigenvalue weighted by Crippen LogP contribution is -2.12. The highest BCUT2D eigenvalue weighted by atomic mass is 32.1. The van der Waals surface area contributed by atoms with Crippen molar-refractivity contribution in [1.29, 1.82) is 0 Å². The minimum Gasteiger partial charge on any atom is -0.494 e. The first-order valence-electron chi connectivity index (χ1n) is 6.90. The largest absolute Gasteiger partial charge is 0.494 e. The standard InChI is InChI=1S/C16H15N3O2S/c1-2-21-12-7-5-11(6-8-12)17-16(20)14-10-13(18-19-14)15-4-3-9-22-15/h3-10H,2H2,1H3,(H,17,20)(H,18,19). The monoisotopic (exact) mass is 313 g/mol. The molecule has 0 fully saturated rings. The number of carbonyl (C=O) groups is 1. The van der Waals surface area contributed by atoms with Crippen molar-refractivity contribution >= 4 is 22.9 Å². The number of benzene rings is 1. The van der Waals surface area contributed by atoms with E-state index in [-0.39, 0.29) is 5.91 Å². The normalized spacial score (nSPS) is 10.4. The number of nitrogens with zero attached hydrogens (tertiary/aromatic N) is 1. The predicted octanol–water partition coefficient (Wildman–Crippen LogP) is 3.79. The first kappa shape index (κ1) is 14.3. The maximum absolute atomic E-state index is 12.2. The summed E-state index contributed by atoms with van der Waals surface area (Å²) in [5, 5.41) is 11.7. The highest BCUT2D eigenvalue weighted by Crippen LogP contribution is 2.23. The number of nitrogens with one attached hydrogen (secondary N) is 2. The summed E-state index contributed by atoms with van der Waals surface area (Å²) in [5.41, 5.74) is 1.90. The van der Waals surface area contributed by atoms with Crippen LogP contribution in [0.4, 0.5) is 5.69 Å². The maximum Gasteiger partial charge on any atom is 0.276 e. The number of hydrogen-bond acceptors (Lipinski definition) is 4. The Bertz CT molecular complexity index is 748. The van der Waals surface area contributed by atoms with Gasteiger partial charge in [-0.25, -0.2) is 0 Å². The summed E-state index contributed by atoms with van der Waals surface area (Å²) in [6.45, 7) is 2.54. The second-order valence-corrected chi connectivity index (χ2v) is 5.50. The van der Waals surface area contributed by atoms with E-state index in [4.69, 9.17) is 4.74 Å². The second kappa shape index (κ2) is 6.44. The number of ether oxygens (including phenoxy) is 1. The molecule has 0 aliphatic rings. The van der Waals surface area contributed by atoms with E-state index in [0.29, 0.717) is 18.0 Å². The molecule has 0 spiro atoms. The van der Waals surface area contributed by atoms with Crippen molar-refractivity contribution in [2.24, 2.45) is 0 Å². The number of hydrogen-bond donors (Lipinski definition) is 2. The summed E-state index contributed by atoms with van der Waals surface area (Å²) in [6, 6.07) is 12.9. The Morgan fingerprint density at radius 2 is 2.14 bits per heavy atom. The van der Waals surface area contributed by atoms with Gasteiger partial charge < -0.3 is 10.1 Å². The summed E-state index contributed by atoms with van der Waals surface area (Å²) >= 11 is 1.59. The number of thiophene rings is 1. The molecule has 0 radical (unpaired) electrons. The van der Waals surface area contributed by atoms with Crippen LogP contribution in [0.2, 0.25) is 0 Å². The highest BCUT2D eigenvalue weighted by molar-refractivity contribution is 7.13. The maximum atomic E-state index is 12.2. The van der Waals surface area contributed by atoms with E-state index in [1.807, 2.05) is 36.6 Å². The molecule has 0 aliphatic carbocycles. The van der Waals surface area contributed by atoms with Gasteiger partial charge in [0.15, 0.2) is 5.69 Å². The molecule has 6 heteroatoms. The van der Waals surface area contributed by atoms with Gasteiger partial charge in [-0.3, -0.25) is 9.89 Å². The van der Waals surface area contributed by atoms with Crippen molar-refractivity contribution in [1.82, 2.24) is 10.2 Å². The Kier molecular flexibility index (Phi) is 4.20. The number of aromatic nitrogens is 2. The summed E-state index contributed by atoms with van der Waals surface area (Å²) in [7, 11) is 0. The topological polar surface area (TPSA) is 67.0 Å². The fraction of sp³-hybridized carbons (Fsp3) is 0.125. The quantitative estimate of drug-likeness (QED) is 0.753. The average molecular weight is 313 g/mol. The van der Waals surface area contributed by atoms with Crippen molar-refractivity contribution in [3.8, 4) is 16.3 Å². The van der Waals surface area contributed by atoms with E-state index in [2.05, 4.69) is 15.5 Å². The second-order valence-electron chi connectivity index (χ2n) is 4.56. The lowest BCUT2D eigenvalue weighted by Gasteiger charge is -2.05. The number of H-pyrrole nitrogens is 1. The first-order valence-corrected chi connectivity index (χ1v) is 7.77. The Labute approximate surface area is 132 Å². The zero-order valence-corrected chi connectivity index (χ0v) is 12.8. The molecule has 2 aromatic heterocycles. The van der Waals surface area contributed by atoms with Crippen LogP contribution < -0.4 is 10.1 Å². The van der Waals surface area contributed by atoms with Crippen LogP contribution in [0.25, 0.3) is 10.6 Å². The Hall–Kier alpha value is -2.60. The smallest absolute Gasteiger partial charge is 0.276 e. The molecular formula is C16H15N3O2S. The van der Waals surface area contributed by atoms with Crippen LogP contribution in [-0.2, 0) is 0 Å². The van der Waals surface area contributed by atoms with E-state index >= 15 is 0 Å². The molecule has 1 aromatic carbocycles. The Morgan fingerprint density at radius 3 is 2.82 bits per heavy atom. The number of carbonyl (C=O) groups excluding carboxylic acids is 1. The van der Waals surface area contributed by atoms with Crippen molar-refractivity contribution in [3.05, 3.63) is 53.5 Å². The predicted molar refractivity (Wildman–Crippen MR) is 87.5 cm³/mol. The van der Waals surface area contributed by atoms with Gasteiger partial charge in [-0.15, -0.1) is 11.3 Å². The minimum atomic E-state index is -0.247. The average Bonchev–Trinajstić information content (AvgIpc) is 3.20. The van der Waals surface area contributed by atoms with Crippen LogP contribution in [0.15, 0.2) is 47.8 Å². The molecular weight excluding hydrogens is 298 g/mol. The summed E-state index contributed by atoms with van der Waals surface area (Å²) in [4.78, 5) is 13.2. The third-order valence-electron chi connectivity index (χ3n) is 3.02. The zero-order chi connectivity index (χ0) is 15.4. The molecule has 3 rings (SSSR count). The van der Waals surface area contributed by atoms with Gasteiger partial charge in [0.2, 0.25) is 0 Å². The van der Waals surface area contributed by atoms with Gasteiger partial charge in [-0.05, 0) is 48.7 Å². The molecule has 3 aromatic rings. The molecule has 0 unspecified atom stereocenters. The van der Waals surface area contributed by atoms with Crippen molar-refractivity contribution in [2.75, 3.05) is 11.9 Å². The summed E-state index contributed by atoms with van der Waals surface area (Å²) < 4.78 is 5.37. The van der Waals surface area contributed by atoms with Crippen LogP contribution in [0.1, 0.15) is 17.4 Å². The van der Waals surface area contributed by atoms with Crippen LogP contribution in [0, 0.1) is 0 Å². The van der Waals surface area contributed by atoms with E-state index in [1.54, 1.807) is 29.5 Å². The third-order valence-corrected chi connectivity index (χ3v) is 3.92. The van der Waals surface area contributed by atoms with Gasteiger partial charge in [0.05, 0.1) is 17.2 Å². The fourth-order valence-electron chi connectivity index (χ4n) is 1.99. The Morgan fingerprint density at radius 1 is 1.32 bits per heavy atom. The van der Waals surface area contributed by atoms with Crippen molar-refractivity contribution in [2.45, 2.75) is 6.92 Å². The molecule has 0 aliphatic heterocycles. The van der Waals surface area contributed by atoms with Crippen LogP contribution in [0.3, 0.4) is 0 Å². The van der Waals surface area contributed by atoms with Gasteiger partial charge in [0.25, 0.3) is 5.91 Å². The highest BCUT2D eigenvalue weighted by Gasteiger charge is 2.12. The summed E-state index contributed by atoms with van der Waals surface area (Å²) in [5.74, 6) is 0.531. The minimum absolute atomic E-state index is 0.247. The van der Waals surface area contributed by atoms with Crippen LogP contribution in [-0.4, -0.2) is 22.7 Å². The molecule has 5 nitrogen and oxygen atoms in total. The van der Waals surface area contributed by atoms with Crippen molar-refractivity contribution in [3.63, 3.8) is 0 Å². The molecule has 0 atom stereocenters. The van der Waals surface area contributed by atoms with Crippen molar-refractivity contribution < 1.29 is 9.53 Å². The van der Waals surface area contributed by atoms with E-state index in [9.17, 15) is 4.79 Å². The first-order chi connectivity index (χ1) is 10.8. The van der Waals surface area contributed by atoms with E-state index < -0.39 is 0 Å². The molecule has 2 heterocycles. The number of aromatic amines is 1. The molecule has 22 heavy (non-hydrogen) atoms. The lowest BCUT2D eigenvalue weighted by atomic mass is 10.2.